The van der Waals surface area contributed by atoms with Crippen LogP contribution in [-0.4, -0.2) is 37.2 Å². The molecule has 0 aliphatic carbocycles. The second-order valence-corrected chi connectivity index (χ2v) is 23.4. The highest BCUT2D eigenvalue weighted by molar-refractivity contribution is 5.71. The van der Waals surface area contributed by atoms with Gasteiger partial charge in [0.15, 0.2) is 6.10 Å². The molecule has 0 N–H and O–H groups in total. The van der Waals surface area contributed by atoms with Crippen molar-refractivity contribution in [3.05, 3.63) is 24.3 Å². The number of ether oxygens (including phenoxy) is 3. The number of unbranched alkanes of at least 4 members (excludes halogenated alkanes) is 49. The third kappa shape index (κ3) is 62.7. The third-order valence-corrected chi connectivity index (χ3v) is 15.7. The van der Waals surface area contributed by atoms with Crippen LogP contribution in [0.25, 0.3) is 0 Å². The van der Waals surface area contributed by atoms with Crippen molar-refractivity contribution in [2.75, 3.05) is 13.2 Å². The number of carbonyl (C=O) groups is 3. The molecule has 0 radical (unpaired) electrons. The molecule has 0 bridgehead atoms. The summed E-state index contributed by atoms with van der Waals surface area (Å²) < 4.78 is 17.0. The molecule has 1 unspecified atom stereocenters. The molecule has 0 aliphatic rings. The number of allylic oxidation sites excluding steroid dienone is 4. The van der Waals surface area contributed by atoms with Crippen molar-refractivity contribution in [2.24, 2.45) is 0 Å². The molecule has 6 heteroatoms. The zero-order valence-corrected chi connectivity index (χ0v) is 51.6. The van der Waals surface area contributed by atoms with E-state index in [1.165, 1.54) is 289 Å². The Hall–Kier alpha value is -2.11. The Kier molecular flexibility index (Phi) is 63.6. The SMILES string of the molecule is CCCCCCCCC/C=C\CCCCCCCCCC(=O)OCC(COC(=O)CCCCCCCCCCCCCCCCCCCCCCCC)OC(=O)CCCCCCCCC/C=C\CCCCCCCCC. The number of esters is 3. The molecule has 0 aromatic carbocycles. The molecule has 0 amide bonds. The molecule has 0 fully saturated rings. The van der Waals surface area contributed by atoms with Gasteiger partial charge in [0.05, 0.1) is 0 Å². The van der Waals surface area contributed by atoms with Gasteiger partial charge in [-0.2, -0.15) is 0 Å². The van der Waals surface area contributed by atoms with E-state index in [0.29, 0.717) is 19.3 Å². The molecule has 0 aromatic rings. The van der Waals surface area contributed by atoms with E-state index in [0.717, 1.165) is 57.8 Å². The summed E-state index contributed by atoms with van der Waals surface area (Å²) in [5.41, 5.74) is 0. The van der Waals surface area contributed by atoms with Crippen LogP contribution in [0.15, 0.2) is 24.3 Å². The monoisotopic (exact) mass is 1070 g/mol. The summed E-state index contributed by atoms with van der Waals surface area (Å²) in [6.45, 7) is 6.71. The zero-order chi connectivity index (χ0) is 55.0. The zero-order valence-electron chi connectivity index (χ0n) is 51.6. The molecule has 0 aromatic heterocycles. The first kappa shape index (κ1) is 73.9. The molecule has 6 nitrogen and oxygen atoms in total. The highest BCUT2D eigenvalue weighted by Gasteiger charge is 2.19. The van der Waals surface area contributed by atoms with E-state index in [1.807, 2.05) is 0 Å². The summed E-state index contributed by atoms with van der Waals surface area (Å²) in [5.74, 6) is -0.847. The second kappa shape index (κ2) is 65.4. The van der Waals surface area contributed by atoms with E-state index < -0.39 is 6.10 Å². The highest BCUT2D eigenvalue weighted by atomic mass is 16.6. The minimum atomic E-state index is -0.773. The maximum absolute atomic E-state index is 12.9. The molecular formula is C70H132O6. The fourth-order valence-electron chi connectivity index (χ4n) is 10.5. The van der Waals surface area contributed by atoms with Crippen molar-refractivity contribution in [1.82, 2.24) is 0 Å². The van der Waals surface area contributed by atoms with Crippen LogP contribution in [0.5, 0.6) is 0 Å². The van der Waals surface area contributed by atoms with Gasteiger partial charge in [-0.3, -0.25) is 14.4 Å². The summed E-state index contributed by atoms with van der Waals surface area (Å²) in [7, 11) is 0. The first-order valence-corrected chi connectivity index (χ1v) is 34.3. The minimum absolute atomic E-state index is 0.0690. The van der Waals surface area contributed by atoms with E-state index in [4.69, 9.17) is 14.2 Å². The molecule has 1 atom stereocenters. The summed E-state index contributed by atoms with van der Waals surface area (Å²) in [6, 6.07) is 0. The Balaban J connectivity index is 4.30. The van der Waals surface area contributed by atoms with Crippen molar-refractivity contribution in [3.8, 4) is 0 Å². The van der Waals surface area contributed by atoms with Crippen molar-refractivity contribution in [3.63, 3.8) is 0 Å². The summed E-state index contributed by atoms with van der Waals surface area (Å²) >= 11 is 0. The van der Waals surface area contributed by atoms with Gasteiger partial charge in [-0.25, -0.2) is 0 Å². The topological polar surface area (TPSA) is 78.9 Å². The smallest absolute Gasteiger partial charge is 0.306 e. The van der Waals surface area contributed by atoms with E-state index in [1.54, 1.807) is 0 Å². The summed E-state index contributed by atoms with van der Waals surface area (Å²) in [5, 5.41) is 0. The third-order valence-electron chi connectivity index (χ3n) is 15.7. The standard InChI is InChI=1S/C70H132O6/c1-4-7-10-13-16-19-22-25-28-31-34-35-36-37-40-42-45-48-51-54-57-60-63-69(72)75-66-67(76-70(73)64-61-58-55-52-49-46-43-39-33-30-27-24-21-18-15-12-9-6-3)65-74-68(71)62-59-56-53-50-47-44-41-38-32-29-26-23-20-17-14-11-8-5-2/h29-30,32-33,67H,4-28,31,34-66H2,1-3H3/b32-29-,33-30-. The first-order valence-electron chi connectivity index (χ1n) is 34.3. The van der Waals surface area contributed by atoms with Crippen molar-refractivity contribution in [1.29, 1.82) is 0 Å². The van der Waals surface area contributed by atoms with Crippen LogP contribution in [0.3, 0.4) is 0 Å². The second-order valence-electron chi connectivity index (χ2n) is 23.4. The lowest BCUT2D eigenvalue weighted by Crippen LogP contribution is -2.30. The van der Waals surface area contributed by atoms with Gasteiger partial charge in [0.2, 0.25) is 0 Å². The van der Waals surface area contributed by atoms with Gasteiger partial charge in [-0.05, 0) is 70.6 Å². The Bertz CT molecular complexity index is 1230. The Morgan fingerprint density at radius 3 is 0.658 bits per heavy atom. The molecule has 0 heterocycles. The molecule has 0 rings (SSSR count). The van der Waals surface area contributed by atoms with E-state index in [2.05, 4.69) is 45.1 Å². The number of rotatable bonds is 64. The Labute approximate surface area is 474 Å². The minimum Gasteiger partial charge on any atom is -0.462 e. The molecular weight excluding hydrogens is 937 g/mol. The number of hydrogen-bond acceptors (Lipinski definition) is 6. The van der Waals surface area contributed by atoms with Crippen LogP contribution in [0.2, 0.25) is 0 Å². The molecule has 0 spiro atoms. The molecule has 448 valence electrons. The van der Waals surface area contributed by atoms with Gasteiger partial charge in [0.25, 0.3) is 0 Å². The summed E-state index contributed by atoms with van der Waals surface area (Å²) in [4.78, 5) is 38.4. The van der Waals surface area contributed by atoms with Crippen molar-refractivity contribution >= 4 is 17.9 Å². The van der Waals surface area contributed by atoms with Crippen LogP contribution < -0.4 is 0 Å². The van der Waals surface area contributed by atoms with Gasteiger partial charge in [0, 0.05) is 19.3 Å². The molecule has 76 heavy (non-hydrogen) atoms. The lowest BCUT2D eigenvalue weighted by Gasteiger charge is -2.18. The number of carbonyl (C=O) groups excluding carboxylic acids is 3. The quantitative estimate of drug-likeness (QED) is 0.0261. The lowest BCUT2D eigenvalue weighted by atomic mass is 10.0. The van der Waals surface area contributed by atoms with Gasteiger partial charge >= 0.3 is 17.9 Å². The molecule has 0 aliphatic heterocycles. The van der Waals surface area contributed by atoms with Crippen LogP contribution in [0.4, 0.5) is 0 Å². The Morgan fingerprint density at radius 2 is 0.434 bits per heavy atom. The van der Waals surface area contributed by atoms with E-state index >= 15 is 0 Å². The largest absolute Gasteiger partial charge is 0.462 e. The fraction of sp³-hybridized carbons (Fsp3) is 0.900. The van der Waals surface area contributed by atoms with Gasteiger partial charge in [-0.1, -0.05) is 321 Å². The van der Waals surface area contributed by atoms with Gasteiger partial charge < -0.3 is 14.2 Å². The van der Waals surface area contributed by atoms with Crippen LogP contribution in [-0.2, 0) is 28.6 Å². The predicted molar refractivity (Wildman–Crippen MR) is 330 cm³/mol. The average Bonchev–Trinajstić information content (AvgIpc) is 3.42. The normalized spacial score (nSPS) is 12.1. The number of hydrogen-bond donors (Lipinski definition) is 0. The fourth-order valence-corrected chi connectivity index (χ4v) is 10.5. The first-order chi connectivity index (χ1) is 37.5. The maximum atomic E-state index is 12.9. The van der Waals surface area contributed by atoms with E-state index in [-0.39, 0.29) is 31.1 Å². The van der Waals surface area contributed by atoms with Crippen molar-refractivity contribution in [2.45, 2.75) is 393 Å². The van der Waals surface area contributed by atoms with Crippen LogP contribution >= 0.6 is 0 Å². The van der Waals surface area contributed by atoms with E-state index in [9.17, 15) is 14.4 Å². The van der Waals surface area contributed by atoms with Crippen LogP contribution in [0.1, 0.15) is 387 Å². The molecule has 0 saturated carbocycles. The van der Waals surface area contributed by atoms with Gasteiger partial charge in [-0.15, -0.1) is 0 Å². The maximum Gasteiger partial charge on any atom is 0.306 e. The van der Waals surface area contributed by atoms with Crippen LogP contribution in [0, 0.1) is 0 Å². The summed E-state index contributed by atoms with van der Waals surface area (Å²) in [6.07, 6.45) is 79.1. The van der Waals surface area contributed by atoms with Crippen molar-refractivity contribution < 1.29 is 28.6 Å². The Morgan fingerprint density at radius 1 is 0.250 bits per heavy atom. The lowest BCUT2D eigenvalue weighted by molar-refractivity contribution is -0.167. The van der Waals surface area contributed by atoms with Gasteiger partial charge in [0.1, 0.15) is 13.2 Å². The predicted octanol–water partition coefficient (Wildman–Crippen LogP) is 23.4. The molecule has 0 saturated heterocycles. The highest BCUT2D eigenvalue weighted by Crippen LogP contribution is 2.18. The average molecular weight is 1070 g/mol.